The number of carbonyl (C=O) groups is 1. The average molecular weight is 376 g/mol. The van der Waals surface area contributed by atoms with E-state index in [0.717, 1.165) is 4.47 Å². The van der Waals surface area contributed by atoms with Crippen LogP contribution < -0.4 is 15.7 Å². The van der Waals surface area contributed by atoms with Crippen LogP contribution in [0.5, 0.6) is 5.75 Å². The fraction of sp³-hybridized carbons (Fsp3) is 0.125. The van der Waals surface area contributed by atoms with Gasteiger partial charge in [0.2, 0.25) is 0 Å². The number of fused-ring (bicyclic) bond motifs is 1. The van der Waals surface area contributed by atoms with Gasteiger partial charge >= 0.3 is 5.69 Å². The minimum atomic E-state index is -0.655. The van der Waals surface area contributed by atoms with E-state index in [2.05, 4.69) is 31.2 Å². The number of nitrogens with one attached hydrogen (secondary N) is 3. The smallest absolute Gasteiger partial charge is 0.323 e. The Morgan fingerprint density at radius 3 is 2.57 bits per heavy atom. The molecule has 0 radical (unpaired) electrons. The summed E-state index contributed by atoms with van der Waals surface area (Å²) in [6.45, 7) is 1.67. The highest BCUT2D eigenvalue weighted by molar-refractivity contribution is 9.10. The van der Waals surface area contributed by atoms with Gasteiger partial charge in [0.15, 0.2) is 6.10 Å². The first-order valence-corrected chi connectivity index (χ1v) is 7.76. The number of benzene rings is 2. The number of aromatic nitrogens is 2. The van der Waals surface area contributed by atoms with Crippen molar-refractivity contribution in [1.82, 2.24) is 9.97 Å². The average Bonchev–Trinajstić information content (AvgIpc) is 2.88. The predicted octanol–water partition coefficient (Wildman–Crippen LogP) is 3.02. The summed E-state index contributed by atoms with van der Waals surface area (Å²) < 4.78 is 6.54. The van der Waals surface area contributed by atoms with Crippen molar-refractivity contribution >= 4 is 38.6 Å². The summed E-state index contributed by atoms with van der Waals surface area (Å²) in [5.74, 6) is 0.339. The molecule has 1 atom stereocenters. The molecule has 1 amide bonds. The molecule has 1 aromatic heterocycles. The van der Waals surface area contributed by atoms with Crippen molar-refractivity contribution in [3.63, 3.8) is 0 Å². The molecule has 0 bridgehead atoms. The zero-order chi connectivity index (χ0) is 16.4. The number of carbonyl (C=O) groups excluding carboxylic acids is 1. The van der Waals surface area contributed by atoms with Crippen molar-refractivity contribution in [2.24, 2.45) is 0 Å². The number of anilines is 1. The molecule has 0 fully saturated rings. The fourth-order valence-corrected chi connectivity index (χ4v) is 2.39. The van der Waals surface area contributed by atoms with Gasteiger partial charge in [-0.3, -0.25) is 4.79 Å². The highest BCUT2D eigenvalue weighted by Gasteiger charge is 2.15. The van der Waals surface area contributed by atoms with Crippen LogP contribution in [0.2, 0.25) is 0 Å². The molecule has 3 N–H and O–H groups in total. The highest BCUT2D eigenvalue weighted by Crippen LogP contribution is 2.18. The Balaban J connectivity index is 1.69. The van der Waals surface area contributed by atoms with Gasteiger partial charge in [0.05, 0.1) is 11.0 Å². The number of halogens is 1. The SMILES string of the molecule is C[C@@H](Oc1ccc(Br)cc1)C(=O)Nc1ccc2[nH]c(=O)[nH]c2c1. The quantitative estimate of drug-likeness (QED) is 0.654. The Kier molecular flexibility index (Phi) is 4.20. The second kappa shape index (κ2) is 6.29. The number of imidazole rings is 1. The fourth-order valence-electron chi connectivity index (χ4n) is 2.13. The van der Waals surface area contributed by atoms with E-state index in [0.29, 0.717) is 22.5 Å². The maximum Gasteiger partial charge on any atom is 0.323 e. The second-order valence-corrected chi connectivity index (χ2v) is 5.96. The van der Waals surface area contributed by atoms with Crippen LogP contribution in [0.1, 0.15) is 6.92 Å². The van der Waals surface area contributed by atoms with Crippen molar-refractivity contribution in [2.75, 3.05) is 5.32 Å². The van der Waals surface area contributed by atoms with Crippen molar-refractivity contribution in [2.45, 2.75) is 13.0 Å². The van der Waals surface area contributed by atoms with Crippen molar-refractivity contribution in [3.8, 4) is 5.75 Å². The molecule has 118 valence electrons. The Hall–Kier alpha value is -2.54. The van der Waals surface area contributed by atoms with Gasteiger partial charge in [-0.15, -0.1) is 0 Å². The minimum Gasteiger partial charge on any atom is -0.481 e. The van der Waals surface area contributed by atoms with Gasteiger partial charge in [0, 0.05) is 10.2 Å². The van der Waals surface area contributed by atoms with E-state index in [-0.39, 0.29) is 11.6 Å². The summed E-state index contributed by atoms with van der Waals surface area (Å²) in [6, 6.07) is 12.4. The topological polar surface area (TPSA) is 87.0 Å². The van der Waals surface area contributed by atoms with E-state index in [1.165, 1.54) is 0 Å². The Morgan fingerprint density at radius 1 is 1.13 bits per heavy atom. The van der Waals surface area contributed by atoms with E-state index in [4.69, 9.17) is 4.74 Å². The molecular weight excluding hydrogens is 362 g/mol. The molecular formula is C16H14BrN3O3. The number of amides is 1. The van der Waals surface area contributed by atoms with Crippen LogP contribution >= 0.6 is 15.9 Å². The Labute approximate surface area is 140 Å². The molecule has 6 nitrogen and oxygen atoms in total. The standard InChI is InChI=1S/C16H14BrN3O3/c1-9(23-12-5-2-10(17)3-6-12)15(21)18-11-4-7-13-14(8-11)20-16(22)19-13/h2-9H,1H3,(H,18,21)(H2,19,20,22)/t9-/m1/s1. The summed E-state index contributed by atoms with van der Waals surface area (Å²) in [5, 5.41) is 2.77. The van der Waals surface area contributed by atoms with Gasteiger partial charge in [-0.1, -0.05) is 15.9 Å². The molecule has 2 aromatic carbocycles. The van der Waals surface area contributed by atoms with Gasteiger partial charge in [-0.2, -0.15) is 0 Å². The maximum atomic E-state index is 12.2. The van der Waals surface area contributed by atoms with Gasteiger partial charge in [-0.05, 0) is 49.4 Å². The highest BCUT2D eigenvalue weighted by atomic mass is 79.9. The molecule has 0 saturated heterocycles. The van der Waals surface area contributed by atoms with Crippen molar-refractivity contribution in [3.05, 3.63) is 57.4 Å². The van der Waals surface area contributed by atoms with Crippen LogP contribution in [0.25, 0.3) is 11.0 Å². The molecule has 3 aromatic rings. The molecule has 1 heterocycles. The summed E-state index contributed by atoms with van der Waals surface area (Å²) in [6.07, 6.45) is -0.655. The van der Waals surface area contributed by atoms with Gasteiger partial charge in [-0.25, -0.2) is 4.79 Å². The number of rotatable bonds is 4. The summed E-state index contributed by atoms with van der Waals surface area (Å²) in [4.78, 5) is 28.7. The third kappa shape index (κ3) is 3.62. The van der Waals surface area contributed by atoms with Crippen LogP contribution in [0.4, 0.5) is 5.69 Å². The van der Waals surface area contributed by atoms with Crippen molar-refractivity contribution in [1.29, 1.82) is 0 Å². The number of hydrogen-bond acceptors (Lipinski definition) is 3. The van der Waals surface area contributed by atoms with Crippen LogP contribution in [0.3, 0.4) is 0 Å². The van der Waals surface area contributed by atoms with Gasteiger partial charge in [0.1, 0.15) is 5.75 Å². The van der Waals surface area contributed by atoms with Gasteiger partial charge < -0.3 is 20.0 Å². The number of H-pyrrole nitrogens is 2. The van der Waals surface area contributed by atoms with E-state index < -0.39 is 6.10 Å². The molecule has 23 heavy (non-hydrogen) atoms. The first kappa shape index (κ1) is 15.4. The van der Waals surface area contributed by atoms with Crippen LogP contribution in [-0.2, 0) is 4.79 Å². The lowest BCUT2D eigenvalue weighted by Crippen LogP contribution is -2.30. The number of hydrogen-bond donors (Lipinski definition) is 3. The van der Waals surface area contributed by atoms with Crippen molar-refractivity contribution < 1.29 is 9.53 Å². The molecule has 0 unspecified atom stereocenters. The Bertz CT molecular complexity index is 899. The zero-order valence-electron chi connectivity index (χ0n) is 12.2. The Morgan fingerprint density at radius 2 is 1.83 bits per heavy atom. The lowest BCUT2D eigenvalue weighted by molar-refractivity contribution is -0.122. The monoisotopic (exact) mass is 375 g/mol. The first-order chi connectivity index (χ1) is 11.0. The third-order valence-electron chi connectivity index (χ3n) is 3.28. The molecule has 0 aliphatic rings. The second-order valence-electron chi connectivity index (χ2n) is 5.04. The van der Waals surface area contributed by atoms with Crippen LogP contribution in [0.15, 0.2) is 51.7 Å². The minimum absolute atomic E-state index is 0.273. The predicted molar refractivity (Wildman–Crippen MR) is 91.8 cm³/mol. The molecule has 0 aliphatic heterocycles. The molecule has 0 spiro atoms. The third-order valence-corrected chi connectivity index (χ3v) is 3.81. The molecule has 7 heteroatoms. The largest absolute Gasteiger partial charge is 0.481 e. The number of aromatic amines is 2. The lowest BCUT2D eigenvalue weighted by atomic mass is 10.2. The van der Waals surface area contributed by atoms with E-state index >= 15 is 0 Å². The number of ether oxygens (including phenoxy) is 1. The van der Waals surface area contributed by atoms with E-state index in [1.807, 2.05) is 12.1 Å². The van der Waals surface area contributed by atoms with Crippen LogP contribution in [-0.4, -0.2) is 22.0 Å². The van der Waals surface area contributed by atoms with E-state index in [1.54, 1.807) is 37.3 Å². The summed E-state index contributed by atoms with van der Waals surface area (Å²) in [5.41, 5.74) is 1.63. The molecule has 0 aliphatic carbocycles. The van der Waals surface area contributed by atoms with Crippen LogP contribution in [0, 0.1) is 0 Å². The first-order valence-electron chi connectivity index (χ1n) is 6.96. The normalized spacial score (nSPS) is 12.1. The zero-order valence-corrected chi connectivity index (χ0v) is 13.8. The molecule has 0 saturated carbocycles. The summed E-state index contributed by atoms with van der Waals surface area (Å²) in [7, 11) is 0. The lowest BCUT2D eigenvalue weighted by Gasteiger charge is -2.14. The molecule has 3 rings (SSSR count). The summed E-state index contributed by atoms with van der Waals surface area (Å²) >= 11 is 3.34. The van der Waals surface area contributed by atoms with E-state index in [9.17, 15) is 9.59 Å². The maximum absolute atomic E-state index is 12.2. The van der Waals surface area contributed by atoms with Gasteiger partial charge in [0.25, 0.3) is 5.91 Å².